The van der Waals surface area contributed by atoms with Crippen molar-refractivity contribution in [3.05, 3.63) is 92.3 Å². The number of nitro benzene ring substituents is 1. The van der Waals surface area contributed by atoms with E-state index in [1.54, 1.807) is 13.2 Å². The first-order valence-corrected chi connectivity index (χ1v) is 10.7. The van der Waals surface area contributed by atoms with Gasteiger partial charge < -0.3 is 9.30 Å². The Labute approximate surface area is 195 Å². The highest BCUT2D eigenvalue weighted by Crippen LogP contribution is 2.27. The van der Waals surface area contributed by atoms with Crippen molar-refractivity contribution in [2.45, 2.75) is 26.8 Å². The number of ketones is 1. The highest BCUT2D eigenvalue weighted by Gasteiger charge is 2.38. The fraction of sp³-hybridized carbons (Fsp3) is 0.240. The number of nitrogens with zero attached hydrogens (tertiary/aromatic N) is 3. The number of aryl methyl sites for hydroxylation is 2. The summed E-state index contributed by atoms with van der Waals surface area (Å²) in [4.78, 5) is 49.7. The molecule has 0 fully saturated rings. The first kappa shape index (κ1) is 22.9. The number of carbonyl (C=O) groups is 3. The summed E-state index contributed by atoms with van der Waals surface area (Å²) in [6, 6.07) is 13.0. The van der Waals surface area contributed by atoms with Crippen LogP contribution in [-0.4, -0.2) is 45.6 Å². The molecule has 0 spiro atoms. The van der Waals surface area contributed by atoms with E-state index in [0.29, 0.717) is 12.1 Å². The van der Waals surface area contributed by atoms with E-state index in [1.807, 2.05) is 42.7 Å². The number of aromatic nitrogens is 1. The van der Waals surface area contributed by atoms with Crippen LogP contribution in [0.4, 0.5) is 5.69 Å². The van der Waals surface area contributed by atoms with Gasteiger partial charge in [-0.25, -0.2) is 0 Å². The third-order valence-electron chi connectivity index (χ3n) is 6.12. The second-order valence-corrected chi connectivity index (χ2v) is 8.14. The lowest BCUT2D eigenvalue weighted by atomic mass is 10.1. The second kappa shape index (κ2) is 8.93. The molecule has 34 heavy (non-hydrogen) atoms. The van der Waals surface area contributed by atoms with E-state index < -0.39 is 23.3 Å². The number of Topliss-reactive ketones (excluding diaryl/α,β-unsaturated/α-hetero) is 1. The number of nitro groups is 1. The average Bonchev–Trinajstić information content (AvgIpc) is 3.25. The van der Waals surface area contributed by atoms with Gasteiger partial charge in [-0.05, 0) is 50.1 Å². The fourth-order valence-corrected chi connectivity index (χ4v) is 4.23. The highest BCUT2D eigenvalue weighted by atomic mass is 16.6. The number of non-ortho nitro benzene ring substituents is 1. The molecular formula is C25H23N3O6. The molecular weight excluding hydrogens is 438 g/mol. The van der Waals surface area contributed by atoms with Crippen LogP contribution in [0.25, 0.3) is 0 Å². The summed E-state index contributed by atoms with van der Waals surface area (Å²) in [5, 5.41) is 11.0. The Balaban J connectivity index is 1.49. The summed E-state index contributed by atoms with van der Waals surface area (Å²) in [6.45, 7) is 3.97. The van der Waals surface area contributed by atoms with Gasteiger partial charge in [0.15, 0.2) is 5.78 Å². The van der Waals surface area contributed by atoms with Crippen molar-refractivity contribution in [1.82, 2.24) is 9.47 Å². The van der Waals surface area contributed by atoms with Crippen LogP contribution in [0.3, 0.4) is 0 Å². The summed E-state index contributed by atoms with van der Waals surface area (Å²) in [6.07, 6.45) is 0.755. The van der Waals surface area contributed by atoms with Crippen LogP contribution in [0.5, 0.6) is 5.75 Å². The Morgan fingerprint density at radius 2 is 1.68 bits per heavy atom. The van der Waals surface area contributed by atoms with Crippen molar-refractivity contribution in [2.75, 3.05) is 13.7 Å². The van der Waals surface area contributed by atoms with Crippen LogP contribution in [0, 0.1) is 24.0 Å². The van der Waals surface area contributed by atoms with Crippen molar-refractivity contribution >= 4 is 23.3 Å². The maximum Gasteiger partial charge on any atom is 0.270 e. The molecule has 1 aromatic heterocycles. The second-order valence-electron chi connectivity index (χ2n) is 8.14. The molecule has 9 heteroatoms. The number of ether oxygens (including phenoxy) is 1. The van der Waals surface area contributed by atoms with Crippen molar-refractivity contribution in [3.63, 3.8) is 0 Å². The third-order valence-corrected chi connectivity index (χ3v) is 6.12. The highest BCUT2D eigenvalue weighted by molar-refractivity contribution is 6.23. The molecule has 1 aliphatic rings. The maximum atomic E-state index is 13.1. The normalized spacial score (nSPS) is 12.7. The number of carbonyl (C=O) groups excluding carboxylic acids is 3. The quantitative estimate of drug-likeness (QED) is 0.219. The number of rotatable bonds is 8. The SMILES string of the molecule is COc1ccc(CCn2c(C)cc(C(=O)CN3C(=O)c4ccc([N+](=O)[O-])cc4C3=O)c2C)cc1. The minimum Gasteiger partial charge on any atom is -0.497 e. The van der Waals surface area contributed by atoms with Crippen LogP contribution < -0.4 is 4.74 Å². The van der Waals surface area contributed by atoms with Crippen LogP contribution in [-0.2, 0) is 13.0 Å². The molecule has 0 radical (unpaired) electrons. The minimum absolute atomic E-state index is 0.0584. The molecule has 9 nitrogen and oxygen atoms in total. The monoisotopic (exact) mass is 461 g/mol. The molecule has 1 aliphatic heterocycles. The van der Waals surface area contributed by atoms with Gasteiger partial charge in [0, 0.05) is 35.6 Å². The van der Waals surface area contributed by atoms with Gasteiger partial charge in [0.2, 0.25) is 0 Å². The van der Waals surface area contributed by atoms with Crippen LogP contribution in [0.2, 0.25) is 0 Å². The largest absolute Gasteiger partial charge is 0.497 e. The molecule has 2 heterocycles. The maximum absolute atomic E-state index is 13.1. The number of benzene rings is 2. The molecule has 0 aliphatic carbocycles. The topological polar surface area (TPSA) is 112 Å². The Morgan fingerprint density at radius 3 is 2.32 bits per heavy atom. The Hall–Kier alpha value is -4.27. The van der Waals surface area contributed by atoms with Gasteiger partial charge in [-0.15, -0.1) is 0 Å². The lowest BCUT2D eigenvalue weighted by Gasteiger charge is -2.13. The fourth-order valence-electron chi connectivity index (χ4n) is 4.23. The van der Waals surface area contributed by atoms with Crippen molar-refractivity contribution < 1.29 is 24.0 Å². The predicted molar refractivity (Wildman–Crippen MR) is 123 cm³/mol. The number of amides is 2. The van der Waals surface area contributed by atoms with Crippen LogP contribution >= 0.6 is 0 Å². The van der Waals surface area contributed by atoms with E-state index >= 15 is 0 Å². The van der Waals surface area contributed by atoms with Crippen molar-refractivity contribution in [3.8, 4) is 5.75 Å². The molecule has 0 saturated heterocycles. The molecule has 2 amide bonds. The number of fused-ring (bicyclic) bond motifs is 1. The minimum atomic E-state index is -0.703. The van der Waals surface area contributed by atoms with Gasteiger partial charge in [0.05, 0.1) is 29.7 Å². The summed E-state index contributed by atoms with van der Waals surface area (Å²) in [5.41, 5.74) is 2.94. The van der Waals surface area contributed by atoms with Gasteiger partial charge in [-0.2, -0.15) is 0 Å². The third kappa shape index (κ3) is 4.07. The number of methoxy groups -OCH3 is 1. The molecule has 0 N–H and O–H groups in total. The Morgan fingerprint density at radius 1 is 1.00 bits per heavy atom. The van der Waals surface area contributed by atoms with Gasteiger partial charge >= 0.3 is 0 Å². The first-order valence-electron chi connectivity index (χ1n) is 10.7. The number of hydrogen-bond acceptors (Lipinski definition) is 6. The Bertz CT molecular complexity index is 1320. The predicted octanol–water partition coefficient (Wildman–Crippen LogP) is 3.74. The molecule has 0 atom stereocenters. The van der Waals surface area contributed by atoms with E-state index in [1.165, 1.54) is 12.1 Å². The molecule has 0 bridgehead atoms. The first-order chi connectivity index (χ1) is 16.2. The number of imide groups is 1. The lowest BCUT2D eigenvalue weighted by Crippen LogP contribution is -2.35. The summed E-state index contributed by atoms with van der Waals surface area (Å²) in [5.74, 6) is -0.914. The van der Waals surface area contributed by atoms with Crippen molar-refractivity contribution in [1.29, 1.82) is 0 Å². The number of hydrogen-bond donors (Lipinski definition) is 0. The van der Waals surface area contributed by atoms with E-state index in [0.717, 1.165) is 40.1 Å². The van der Waals surface area contributed by atoms with Gasteiger partial charge in [0.25, 0.3) is 17.5 Å². The van der Waals surface area contributed by atoms with E-state index in [9.17, 15) is 24.5 Å². The molecule has 3 aromatic rings. The molecule has 2 aromatic carbocycles. The average molecular weight is 461 g/mol. The molecule has 0 saturated carbocycles. The van der Waals surface area contributed by atoms with E-state index in [2.05, 4.69) is 0 Å². The van der Waals surface area contributed by atoms with E-state index in [4.69, 9.17) is 4.74 Å². The van der Waals surface area contributed by atoms with Crippen molar-refractivity contribution in [2.24, 2.45) is 0 Å². The van der Waals surface area contributed by atoms with Gasteiger partial charge in [0.1, 0.15) is 5.75 Å². The Kier molecular flexibility index (Phi) is 6.02. The zero-order chi connectivity index (χ0) is 24.6. The van der Waals surface area contributed by atoms with E-state index in [-0.39, 0.29) is 22.6 Å². The lowest BCUT2D eigenvalue weighted by molar-refractivity contribution is -0.384. The zero-order valence-corrected chi connectivity index (χ0v) is 19.0. The standard InChI is InChI=1S/C25H23N3O6/c1-15-12-21(16(2)26(15)11-10-17-4-7-19(34-3)8-5-17)23(29)14-27-24(30)20-9-6-18(28(32)33)13-22(20)25(27)31/h4-9,12-13H,10-11,14H2,1-3H3. The van der Waals surface area contributed by atoms with Gasteiger partial charge in [-0.1, -0.05) is 12.1 Å². The summed E-state index contributed by atoms with van der Waals surface area (Å²) < 4.78 is 7.21. The van der Waals surface area contributed by atoms with Crippen LogP contribution in [0.15, 0.2) is 48.5 Å². The molecule has 0 unspecified atom stereocenters. The van der Waals surface area contributed by atoms with Crippen LogP contribution in [0.1, 0.15) is 48.0 Å². The smallest absolute Gasteiger partial charge is 0.270 e. The molecule has 4 rings (SSSR count). The van der Waals surface area contributed by atoms with Gasteiger partial charge in [-0.3, -0.25) is 29.4 Å². The summed E-state index contributed by atoms with van der Waals surface area (Å²) >= 11 is 0. The molecule has 174 valence electrons. The summed E-state index contributed by atoms with van der Waals surface area (Å²) in [7, 11) is 1.62. The zero-order valence-electron chi connectivity index (χ0n) is 19.0.